The normalized spacial score (nSPS) is 10.4. The molecular weight excluding hydrogens is 314 g/mol. The summed E-state index contributed by atoms with van der Waals surface area (Å²) in [6.07, 6.45) is 0. The average Bonchev–Trinajstić information content (AvgIpc) is 2.36. The van der Waals surface area contributed by atoms with E-state index in [2.05, 4.69) is 21.2 Å². The molecule has 0 fully saturated rings. The first-order chi connectivity index (χ1) is 8.70. The minimum atomic E-state index is 0.703. The Morgan fingerprint density at radius 2 is 2.00 bits per heavy atom. The molecule has 18 heavy (non-hydrogen) atoms. The second-order valence-corrected chi connectivity index (χ2v) is 5.08. The van der Waals surface area contributed by atoms with Crippen molar-refractivity contribution in [1.29, 1.82) is 0 Å². The summed E-state index contributed by atoms with van der Waals surface area (Å²) in [7, 11) is 1.89. The Kier molecular flexibility index (Phi) is 4.64. The SMILES string of the molecule is CNCc1ccc(Oc2ccccc2Br)cc1Cl. The number of nitrogens with one attached hydrogen (secondary N) is 1. The summed E-state index contributed by atoms with van der Waals surface area (Å²) in [5.41, 5.74) is 1.05. The van der Waals surface area contributed by atoms with Gasteiger partial charge in [-0.1, -0.05) is 29.8 Å². The zero-order chi connectivity index (χ0) is 13.0. The molecule has 0 aliphatic rings. The molecule has 2 aromatic rings. The molecule has 0 saturated heterocycles. The Morgan fingerprint density at radius 1 is 1.22 bits per heavy atom. The smallest absolute Gasteiger partial charge is 0.141 e. The van der Waals surface area contributed by atoms with Gasteiger partial charge in [-0.25, -0.2) is 0 Å². The lowest BCUT2D eigenvalue weighted by molar-refractivity contribution is 0.479. The van der Waals surface area contributed by atoms with Gasteiger partial charge in [0.25, 0.3) is 0 Å². The van der Waals surface area contributed by atoms with Crippen molar-refractivity contribution in [2.45, 2.75) is 6.54 Å². The van der Waals surface area contributed by atoms with Crippen LogP contribution >= 0.6 is 27.5 Å². The second kappa shape index (κ2) is 6.23. The molecule has 0 aromatic heterocycles. The summed E-state index contributed by atoms with van der Waals surface area (Å²) in [6.45, 7) is 0.744. The van der Waals surface area contributed by atoms with Gasteiger partial charge in [0.1, 0.15) is 11.5 Å². The molecule has 0 saturated carbocycles. The van der Waals surface area contributed by atoms with Crippen molar-refractivity contribution in [2.24, 2.45) is 0 Å². The number of para-hydroxylation sites is 1. The molecule has 0 unspecified atom stereocenters. The molecule has 0 spiro atoms. The summed E-state index contributed by atoms with van der Waals surface area (Å²) in [6, 6.07) is 13.4. The van der Waals surface area contributed by atoms with Crippen molar-refractivity contribution in [3.8, 4) is 11.5 Å². The highest BCUT2D eigenvalue weighted by molar-refractivity contribution is 9.10. The van der Waals surface area contributed by atoms with E-state index in [0.717, 1.165) is 28.1 Å². The van der Waals surface area contributed by atoms with Crippen LogP contribution in [0.2, 0.25) is 5.02 Å². The van der Waals surface area contributed by atoms with Crippen LogP contribution in [0.25, 0.3) is 0 Å². The van der Waals surface area contributed by atoms with Crippen LogP contribution in [0, 0.1) is 0 Å². The van der Waals surface area contributed by atoms with E-state index in [-0.39, 0.29) is 0 Å². The third-order valence-corrected chi connectivity index (χ3v) is 3.46. The Morgan fingerprint density at radius 3 is 2.67 bits per heavy atom. The van der Waals surface area contributed by atoms with Gasteiger partial charge in [-0.05, 0) is 52.8 Å². The predicted molar refractivity (Wildman–Crippen MR) is 78.4 cm³/mol. The van der Waals surface area contributed by atoms with Crippen LogP contribution in [0.15, 0.2) is 46.9 Å². The first kappa shape index (κ1) is 13.4. The number of halogens is 2. The monoisotopic (exact) mass is 325 g/mol. The lowest BCUT2D eigenvalue weighted by Gasteiger charge is -2.09. The highest BCUT2D eigenvalue weighted by Crippen LogP contribution is 2.31. The third-order valence-electron chi connectivity index (χ3n) is 2.46. The summed E-state index contributed by atoms with van der Waals surface area (Å²) >= 11 is 9.63. The van der Waals surface area contributed by atoms with Gasteiger partial charge < -0.3 is 10.1 Å². The van der Waals surface area contributed by atoms with E-state index in [1.54, 1.807) is 0 Å². The number of hydrogen-bond acceptors (Lipinski definition) is 2. The molecule has 0 radical (unpaired) electrons. The van der Waals surface area contributed by atoms with Crippen molar-refractivity contribution in [3.05, 3.63) is 57.5 Å². The van der Waals surface area contributed by atoms with Crippen LogP contribution in [-0.2, 0) is 6.54 Å². The molecule has 2 rings (SSSR count). The van der Waals surface area contributed by atoms with Crippen LogP contribution in [0.3, 0.4) is 0 Å². The number of rotatable bonds is 4. The molecule has 2 nitrogen and oxygen atoms in total. The van der Waals surface area contributed by atoms with Gasteiger partial charge in [0.15, 0.2) is 0 Å². The largest absolute Gasteiger partial charge is 0.456 e. The third kappa shape index (κ3) is 3.25. The topological polar surface area (TPSA) is 21.3 Å². The van der Waals surface area contributed by atoms with Crippen LogP contribution in [-0.4, -0.2) is 7.05 Å². The maximum absolute atomic E-state index is 6.18. The Balaban J connectivity index is 2.20. The molecule has 0 atom stereocenters. The molecule has 0 heterocycles. The second-order valence-electron chi connectivity index (χ2n) is 3.82. The van der Waals surface area contributed by atoms with Gasteiger partial charge in [0, 0.05) is 11.6 Å². The molecule has 0 amide bonds. The van der Waals surface area contributed by atoms with Gasteiger partial charge in [-0.2, -0.15) is 0 Å². The minimum Gasteiger partial charge on any atom is -0.456 e. The van der Waals surface area contributed by atoms with Crippen LogP contribution in [0.1, 0.15) is 5.56 Å². The first-order valence-corrected chi connectivity index (χ1v) is 6.73. The predicted octanol–water partition coefficient (Wildman–Crippen LogP) is 4.61. The van der Waals surface area contributed by atoms with E-state index in [1.165, 1.54) is 0 Å². The highest BCUT2D eigenvalue weighted by Gasteiger charge is 2.05. The van der Waals surface area contributed by atoms with Gasteiger partial charge in [0.05, 0.1) is 4.47 Å². The van der Waals surface area contributed by atoms with Crippen molar-refractivity contribution in [3.63, 3.8) is 0 Å². The van der Waals surface area contributed by atoms with Crippen LogP contribution < -0.4 is 10.1 Å². The lowest BCUT2D eigenvalue weighted by atomic mass is 10.2. The number of ether oxygens (including phenoxy) is 1. The van der Waals surface area contributed by atoms with Gasteiger partial charge in [-0.3, -0.25) is 0 Å². The summed E-state index contributed by atoms with van der Waals surface area (Å²) < 4.78 is 6.69. The minimum absolute atomic E-state index is 0.703. The van der Waals surface area contributed by atoms with E-state index in [1.807, 2.05) is 49.5 Å². The lowest BCUT2D eigenvalue weighted by Crippen LogP contribution is -2.05. The molecule has 0 aliphatic heterocycles. The zero-order valence-corrected chi connectivity index (χ0v) is 12.3. The van der Waals surface area contributed by atoms with Crippen molar-refractivity contribution in [1.82, 2.24) is 5.32 Å². The molecule has 1 N–H and O–H groups in total. The van der Waals surface area contributed by atoms with E-state index in [0.29, 0.717) is 5.02 Å². The standard InChI is InChI=1S/C14H13BrClNO/c1-17-9-10-6-7-11(8-13(10)16)18-14-5-3-2-4-12(14)15/h2-8,17H,9H2,1H3. The highest BCUT2D eigenvalue weighted by atomic mass is 79.9. The van der Waals surface area contributed by atoms with Gasteiger partial charge in [0.2, 0.25) is 0 Å². The molecule has 4 heteroatoms. The fourth-order valence-electron chi connectivity index (χ4n) is 1.58. The van der Waals surface area contributed by atoms with Crippen molar-refractivity contribution >= 4 is 27.5 Å². The fourth-order valence-corrected chi connectivity index (χ4v) is 2.18. The Hall–Kier alpha value is -1.03. The molecule has 0 bridgehead atoms. The maximum atomic E-state index is 6.18. The quantitative estimate of drug-likeness (QED) is 0.885. The van der Waals surface area contributed by atoms with Crippen LogP contribution in [0.4, 0.5) is 0 Å². The molecular formula is C14H13BrClNO. The Bertz CT molecular complexity index is 545. The van der Waals surface area contributed by atoms with Crippen molar-refractivity contribution in [2.75, 3.05) is 7.05 Å². The Labute approximate surface area is 120 Å². The van der Waals surface area contributed by atoms with E-state index < -0.39 is 0 Å². The maximum Gasteiger partial charge on any atom is 0.141 e. The zero-order valence-electron chi connectivity index (χ0n) is 9.91. The van der Waals surface area contributed by atoms with Crippen LogP contribution in [0.5, 0.6) is 11.5 Å². The summed E-state index contributed by atoms with van der Waals surface area (Å²) in [4.78, 5) is 0. The number of hydrogen-bond donors (Lipinski definition) is 1. The first-order valence-electron chi connectivity index (χ1n) is 5.56. The van der Waals surface area contributed by atoms with Gasteiger partial charge in [-0.15, -0.1) is 0 Å². The average molecular weight is 327 g/mol. The van der Waals surface area contributed by atoms with E-state index >= 15 is 0 Å². The molecule has 2 aromatic carbocycles. The summed E-state index contributed by atoms with van der Waals surface area (Å²) in [5.74, 6) is 1.50. The van der Waals surface area contributed by atoms with E-state index in [4.69, 9.17) is 16.3 Å². The fraction of sp³-hybridized carbons (Fsp3) is 0.143. The summed E-state index contributed by atoms with van der Waals surface area (Å²) in [5, 5.41) is 3.77. The van der Waals surface area contributed by atoms with E-state index in [9.17, 15) is 0 Å². The molecule has 0 aliphatic carbocycles. The molecule has 94 valence electrons. The van der Waals surface area contributed by atoms with Gasteiger partial charge >= 0.3 is 0 Å². The number of benzene rings is 2. The van der Waals surface area contributed by atoms with Crippen molar-refractivity contribution < 1.29 is 4.74 Å².